The Bertz CT molecular complexity index is 925. The van der Waals surface area contributed by atoms with E-state index in [2.05, 4.69) is 35.8 Å². The van der Waals surface area contributed by atoms with Gasteiger partial charge in [0.05, 0.1) is 11.4 Å². The van der Waals surface area contributed by atoms with Crippen LogP contribution in [0.4, 0.5) is 8.78 Å². The molecule has 1 unspecified atom stereocenters. The van der Waals surface area contributed by atoms with E-state index < -0.39 is 12.0 Å². The number of hydrogen-bond donors (Lipinski definition) is 2. The summed E-state index contributed by atoms with van der Waals surface area (Å²) >= 11 is 0. The van der Waals surface area contributed by atoms with Crippen molar-refractivity contribution in [3.05, 3.63) is 59.8 Å². The summed E-state index contributed by atoms with van der Waals surface area (Å²) in [5, 5.41) is 15.1. The number of benzene rings is 1. The van der Waals surface area contributed by atoms with Crippen molar-refractivity contribution in [1.82, 2.24) is 19.7 Å². The fourth-order valence-electron chi connectivity index (χ4n) is 3.19. The summed E-state index contributed by atoms with van der Waals surface area (Å²) in [5.74, 6) is 0.343. The monoisotopic (exact) mass is 388 g/mol. The van der Waals surface area contributed by atoms with Crippen LogP contribution in [0.1, 0.15) is 37.9 Å². The maximum absolute atomic E-state index is 13.9. The zero-order valence-corrected chi connectivity index (χ0v) is 16.6. The number of imidazole rings is 1. The number of H-pyrrole nitrogens is 1. The Morgan fingerprint density at radius 3 is 2.32 bits per heavy atom. The van der Waals surface area contributed by atoms with Gasteiger partial charge in [0.2, 0.25) is 0 Å². The third kappa shape index (κ3) is 4.47. The number of nitrogens with one attached hydrogen (secondary N) is 1. The summed E-state index contributed by atoms with van der Waals surface area (Å²) in [6.45, 7) is 6.25. The number of aromatic amines is 1. The normalized spacial score (nSPS) is 14.4. The van der Waals surface area contributed by atoms with Crippen LogP contribution in [0.3, 0.4) is 0 Å². The molecular formula is C21H26F2N4O. The minimum Gasteiger partial charge on any atom is -0.379 e. The van der Waals surface area contributed by atoms with Crippen LogP contribution < -0.4 is 0 Å². The molecule has 5 nitrogen and oxygen atoms in total. The van der Waals surface area contributed by atoms with E-state index in [-0.39, 0.29) is 17.4 Å². The van der Waals surface area contributed by atoms with Crippen molar-refractivity contribution >= 4 is 0 Å². The molecule has 2 aromatic heterocycles. The Balaban J connectivity index is 1.83. The van der Waals surface area contributed by atoms with E-state index >= 15 is 0 Å². The van der Waals surface area contributed by atoms with E-state index in [4.69, 9.17) is 0 Å². The number of aliphatic hydroxyl groups is 1. The fraction of sp³-hybridized carbons (Fsp3) is 0.429. The van der Waals surface area contributed by atoms with Crippen molar-refractivity contribution < 1.29 is 13.9 Å². The highest BCUT2D eigenvalue weighted by Gasteiger charge is 2.40. The van der Waals surface area contributed by atoms with E-state index in [0.717, 1.165) is 23.4 Å². The van der Waals surface area contributed by atoms with Gasteiger partial charge in [-0.3, -0.25) is 4.68 Å². The van der Waals surface area contributed by atoms with Crippen LogP contribution in [0.25, 0.3) is 11.3 Å². The molecular weight excluding hydrogens is 362 g/mol. The molecule has 0 aliphatic carbocycles. The summed E-state index contributed by atoms with van der Waals surface area (Å²) in [7, 11) is 1.81. The largest absolute Gasteiger partial charge is 0.379 e. The molecule has 0 amide bonds. The van der Waals surface area contributed by atoms with E-state index in [1.54, 1.807) is 23.0 Å². The standard InChI is InChI=1S/C21H26F2N4O/c1-20(2,3)11-16-13-24-18(25-16)12-21(28,19(22)23)15-7-5-14(6-8-15)17-9-10-27(4)26-17/h5-10,13,19,28H,11-12H2,1-4H3,(H,24,25). The number of halogens is 2. The van der Waals surface area contributed by atoms with Crippen LogP contribution in [-0.2, 0) is 25.5 Å². The Labute approximate surface area is 163 Å². The van der Waals surface area contributed by atoms with Gasteiger partial charge in [0.25, 0.3) is 6.43 Å². The molecule has 3 aromatic rings. The lowest BCUT2D eigenvalue weighted by Crippen LogP contribution is -2.37. The lowest BCUT2D eigenvalue weighted by atomic mass is 9.89. The molecule has 1 atom stereocenters. The Kier molecular flexibility index (Phi) is 5.39. The Morgan fingerprint density at radius 1 is 1.11 bits per heavy atom. The fourth-order valence-corrected chi connectivity index (χ4v) is 3.19. The Morgan fingerprint density at radius 2 is 1.79 bits per heavy atom. The SMILES string of the molecule is Cn1ccc(-c2ccc(C(O)(Cc3nc(CC(C)(C)C)c[nH]3)C(F)F)cc2)n1. The first-order valence-electron chi connectivity index (χ1n) is 9.21. The molecule has 1 aromatic carbocycles. The second kappa shape index (κ2) is 7.47. The summed E-state index contributed by atoms with van der Waals surface area (Å²) in [6, 6.07) is 8.27. The highest BCUT2D eigenvalue weighted by molar-refractivity contribution is 5.59. The van der Waals surface area contributed by atoms with E-state index in [1.807, 2.05) is 19.3 Å². The predicted octanol–water partition coefficient (Wildman–Crippen LogP) is 4.09. The molecule has 3 rings (SSSR count). The van der Waals surface area contributed by atoms with Gasteiger partial charge in [-0.15, -0.1) is 0 Å². The van der Waals surface area contributed by atoms with Gasteiger partial charge in [-0.05, 0) is 23.5 Å². The molecule has 0 fully saturated rings. The highest BCUT2D eigenvalue weighted by atomic mass is 19.3. The van der Waals surface area contributed by atoms with Gasteiger partial charge in [0.15, 0.2) is 5.60 Å². The van der Waals surface area contributed by atoms with Gasteiger partial charge in [-0.25, -0.2) is 13.8 Å². The molecule has 0 bridgehead atoms. The van der Waals surface area contributed by atoms with Gasteiger partial charge >= 0.3 is 0 Å². The maximum atomic E-state index is 13.9. The number of alkyl halides is 2. The first-order chi connectivity index (χ1) is 13.1. The summed E-state index contributed by atoms with van der Waals surface area (Å²) < 4.78 is 29.4. The van der Waals surface area contributed by atoms with Crippen LogP contribution in [0.15, 0.2) is 42.7 Å². The molecule has 150 valence electrons. The molecule has 0 spiro atoms. The highest BCUT2D eigenvalue weighted by Crippen LogP contribution is 2.33. The molecule has 2 heterocycles. The average molecular weight is 388 g/mol. The first-order valence-corrected chi connectivity index (χ1v) is 9.21. The van der Waals surface area contributed by atoms with Crippen LogP contribution in [-0.4, -0.2) is 31.3 Å². The van der Waals surface area contributed by atoms with Gasteiger partial charge in [-0.1, -0.05) is 45.0 Å². The van der Waals surface area contributed by atoms with Gasteiger partial charge in [-0.2, -0.15) is 5.10 Å². The lowest BCUT2D eigenvalue weighted by Gasteiger charge is -2.27. The average Bonchev–Trinajstić information content (AvgIpc) is 3.22. The van der Waals surface area contributed by atoms with Crippen LogP contribution in [0.2, 0.25) is 0 Å². The van der Waals surface area contributed by atoms with E-state index in [1.165, 1.54) is 12.1 Å². The molecule has 0 aliphatic heterocycles. The number of rotatable bonds is 6. The van der Waals surface area contributed by atoms with Crippen molar-refractivity contribution in [3.8, 4) is 11.3 Å². The molecule has 0 saturated heterocycles. The Hall–Kier alpha value is -2.54. The summed E-state index contributed by atoms with van der Waals surface area (Å²) in [6.07, 6.45) is 0.999. The van der Waals surface area contributed by atoms with Crippen LogP contribution >= 0.6 is 0 Å². The van der Waals surface area contributed by atoms with Crippen molar-refractivity contribution in [2.75, 3.05) is 0 Å². The van der Waals surface area contributed by atoms with Crippen LogP contribution in [0.5, 0.6) is 0 Å². The second-order valence-corrected chi connectivity index (χ2v) is 8.43. The first kappa shape index (κ1) is 20.2. The van der Waals surface area contributed by atoms with E-state index in [0.29, 0.717) is 5.82 Å². The molecule has 0 saturated carbocycles. The zero-order chi connectivity index (χ0) is 20.5. The van der Waals surface area contributed by atoms with Gasteiger partial charge in [0.1, 0.15) is 5.82 Å². The van der Waals surface area contributed by atoms with Gasteiger partial charge < -0.3 is 10.1 Å². The molecule has 28 heavy (non-hydrogen) atoms. The quantitative estimate of drug-likeness (QED) is 0.668. The number of aromatic nitrogens is 4. The van der Waals surface area contributed by atoms with Crippen molar-refractivity contribution in [3.63, 3.8) is 0 Å². The van der Waals surface area contributed by atoms with Crippen molar-refractivity contribution in [2.24, 2.45) is 12.5 Å². The second-order valence-electron chi connectivity index (χ2n) is 8.43. The van der Waals surface area contributed by atoms with Crippen molar-refractivity contribution in [1.29, 1.82) is 0 Å². The van der Waals surface area contributed by atoms with Crippen LogP contribution in [0, 0.1) is 5.41 Å². The molecule has 2 N–H and O–H groups in total. The molecule has 7 heteroatoms. The smallest absolute Gasteiger partial charge is 0.271 e. The van der Waals surface area contributed by atoms with Gasteiger partial charge in [0, 0.05) is 31.4 Å². The lowest BCUT2D eigenvalue weighted by molar-refractivity contribution is -0.102. The molecule has 0 radical (unpaired) electrons. The van der Waals surface area contributed by atoms with E-state index in [9.17, 15) is 13.9 Å². The third-order valence-electron chi connectivity index (χ3n) is 4.59. The number of aryl methyl sites for hydroxylation is 1. The number of nitrogens with zero attached hydrogens (tertiary/aromatic N) is 3. The topological polar surface area (TPSA) is 66.7 Å². The summed E-state index contributed by atoms with van der Waals surface area (Å²) in [5.41, 5.74) is 0.200. The third-order valence-corrected chi connectivity index (χ3v) is 4.59. The minimum atomic E-state index is -2.95. The zero-order valence-electron chi connectivity index (χ0n) is 16.6. The maximum Gasteiger partial charge on any atom is 0.271 e. The minimum absolute atomic E-state index is 0.0345. The predicted molar refractivity (Wildman–Crippen MR) is 104 cm³/mol. The number of hydrogen-bond acceptors (Lipinski definition) is 3. The summed E-state index contributed by atoms with van der Waals surface area (Å²) in [4.78, 5) is 7.33. The molecule has 0 aliphatic rings. The van der Waals surface area contributed by atoms with Crippen molar-refractivity contribution in [2.45, 2.75) is 45.6 Å².